The van der Waals surface area contributed by atoms with Crippen molar-refractivity contribution < 1.29 is 28.5 Å². The monoisotopic (exact) mass is 408 g/mol. The zero-order valence-electron chi connectivity index (χ0n) is 17.1. The van der Waals surface area contributed by atoms with E-state index in [1.54, 1.807) is 49.6 Å². The molecule has 30 heavy (non-hydrogen) atoms. The van der Waals surface area contributed by atoms with Gasteiger partial charge in [0.25, 0.3) is 0 Å². The first-order valence-electron chi connectivity index (χ1n) is 10.1. The van der Waals surface area contributed by atoms with E-state index in [4.69, 9.17) is 18.9 Å². The van der Waals surface area contributed by atoms with Crippen molar-refractivity contribution in [1.29, 1.82) is 0 Å². The van der Waals surface area contributed by atoms with Crippen molar-refractivity contribution in [2.75, 3.05) is 14.2 Å². The van der Waals surface area contributed by atoms with Gasteiger partial charge in [-0.25, -0.2) is 0 Å². The van der Waals surface area contributed by atoms with Gasteiger partial charge in [-0.05, 0) is 48.7 Å². The normalized spacial score (nSPS) is 17.4. The quantitative estimate of drug-likeness (QED) is 0.402. The first-order valence-corrected chi connectivity index (χ1v) is 10.1. The van der Waals surface area contributed by atoms with Crippen LogP contribution in [-0.4, -0.2) is 26.0 Å². The van der Waals surface area contributed by atoms with Gasteiger partial charge in [-0.3, -0.25) is 9.59 Å². The second-order valence-corrected chi connectivity index (χ2v) is 7.47. The number of allylic oxidation sites excluding steroid dienone is 1. The van der Waals surface area contributed by atoms with Gasteiger partial charge >= 0.3 is 5.97 Å². The van der Waals surface area contributed by atoms with Crippen LogP contribution in [0.3, 0.4) is 0 Å². The molecule has 2 aromatic rings. The van der Waals surface area contributed by atoms with Crippen LogP contribution >= 0.6 is 0 Å². The molecule has 0 saturated heterocycles. The van der Waals surface area contributed by atoms with Crippen LogP contribution in [0.5, 0.6) is 23.0 Å². The predicted molar refractivity (Wildman–Crippen MR) is 111 cm³/mol. The molecule has 0 aromatic heterocycles. The third-order valence-corrected chi connectivity index (χ3v) is 5.51. The average molecular weight is 408 g/mol. The fraction of sp³-hybridized carbons (Fsp3) is 0.333. The number of ether oxygens (including phenoxy) is 4. The van der Waals surface area contributed by atoms with Gasteiger partial charge in [0.05, 0.1) is 25.7 Å². The van der Waals surface area contributed by atoms with E-state index in [-0.39, 0.29) is 23.4 Å². The van der Waals surface area contributed by atoms with Crippen molar-refractivity contribution in [2.45, 2.75) is 32.1 Å². The minimum Gasteiger partial charge on any atom is -0.497 e. The molecule has 0 radical (unpaired) electrons. The number of esters is 1. The molecule has 2 aliphatic rings. The molecular formula is C24H24O6. The van der Waals surface area contributed by atoms with Gasteiger partial charge in [0, 0.05) is 6.07 Å². The van der Waals surface area contributed by atoms with Gasteiger partial charge in [-0.1, -0.05) is 25.3 Å². The highest BCUT2D eigenvalue weighted by Gasteiger charge is 2.28. The maximum atomic E-state index is 12.6. The standard InChI is InChI=1S/C24H24O6/c1-27-17-9-10-18-20(14-17)29-22(23(18)25)13-15-8-11-19(21(12-15)28-2)30-24(26)16-6-4-3-5-7-16/h8-14,16H,3-7H2,1-2H3/b22-13-. The summed E-state index contributed by atoms with van der Waals surface area (Å²) in [5.41, 5.74) is 1.19. The van der Waals surface area contributed by atoms with Crippen LogP contribution in [0.15, 0.2) is 42.2 Å². The molecule has 0 N–H and O–H groups in total. The van der Waals surface area contributed by atoms with Gasteiger partial charge in [0.2, 0.25) is 5.78 Å². The number of methoxy groups -OCH3 is 2. The van der Waals surface area contributed by atoms with Crippen LogP contribution in [-0.2, 0) is 4.79 Å². The van der Waals surface area contributed by atoms with Crippen LogP contribution < -0.4 is 18.9 Å². The lowest BCUT2D eigenvalue weighted by atomic mass is 9.89. The number of carbonyl (C=O) groups excluding carboxylic acids is 2. The molecule has 0 amide bonds. The number of hydrogen-bond acceptors (Lipinski definition) is 6. The largest absolute Gasteiger partial charge is 0.497 e. The highest BCUT2D eigenvalue weighted by molar-refractivity contribution is 6.14. The van der Waals surface area contributed by atoms with Crippen molar-refractivity contribution in [3.8, 4) is 23.0 Å². The Morgan fingerprint density at radius 2 is 1.80 bits per heavy atom. The molecule has 0 bridgehead atoms. The van der Waals surface area contributed by atoms with Crippen LogP contribution in [0.1, 0.15) is 48.0 Å². The molecule has 1 aliphatic carbocycles. The molecule has 1 aliphatic heterocycles. The molecule has 0 atom stereocenters. The van der Waals surface area contributed by atoms with E-state index < -0.39 is 0 Å². The van der Waals surface area contributed by atoms with Gasteiger partial charge in [0.1, 0.15) is 11.5 Å². The molecule has 6 heteroatoms. The Morgan fingerprint density at radius 1 is 1.00 bits per heavy atom. The lowest BCUT2D eigenvalue weighted by Gasteiger charge is -2.20. The SMILES string of the molecule is COc1ccc2c(c1)O/C(=C\c1ccc(OC(=O)C3CCCCC3)c(OC)c1)C2=O. The minimum atomic E-state index is -0.210. The van der Waals surface area contributed by atoms with E-state index in [9.17, 15) is 9.59 Å². The molecule has 156 valence electrons. The van der Waals surface area contributed by atoms with Crippen molar-refractivity contribution in [3.05, 3.63) is 53.3 Å². The van der Waals surface area contributed by atoms with Crippen LogP contribution in [0.2, 0.25) is 0 Å². The Morgan fingerprint density at radius 3 is 2.53 bits per heavy atom. The van der Waals surface area contributed by atoms with E-state index in [1.807, 2.05) is 0 Å². The number of ketones is 1. The fourth-order valence-electron chi connectivity index (χ4n) is 3.83. The van der Waals surface area contributed by atoms with Crippen molar-refractivity contribution in [3.63, 3.8) is 0 Å². The number of fused-ring (bicyclic) bond motifs is 1. The van der Waals surface area contributed by atoms with Crippen molar-refractivity contribution in [2.24, 2.45) is 5.92 Å². The highest BCUT2D eigenvalue weighted by atomic mass is 16.6. The summed E-state index contributed by atoms with van der Waals surface area (Å²) in [5.74, 6) is 1.65. The Labute approximate surface area is 175 Å². The van der Waals surface area contributed by atoms with Gasteiger partial charge in [0.15, 0.2) is 17.3 Å². The zero-order chi connectivity index (χ0) is 21.1. The smallest absolute Gasteiger partial charge is 0.314 e. The molecule has 1 saturated carbocycles. The van der Waals surface area contributed by atoms with E-state index in [1.165, 1.54) is 13.5 Å². The topological polar surface area (TPSA) is 71.1 Å². The molecule has 0 unspecified atom stereocenters. The van der Waals surface area contributed by atoms with E-state index in [2.05, 4.69) is 0 Å². The van der Waals surface area contributed by atoms with Crippen LogP contribution in [0.25, 0.3) is 6.08 Å². The van der Waals surface area contributed by atoms with Crippen LogP contribution in [0.4, 0.5) is 0 Å². The summed E-state index contributed by atoms with van der Waals surface area (Å²) in [6, 6.07) is 10.3. The third kappa shape index (κ3) is 4.03. The van der Waals surface area contributed by atoms with Gasteiger partial charge in [-0.2, -0.15) is 0 Å². The van der Waals surface area contributed by atoms with Crippen molar-refractivity contribution >= 4 is 17.8 Å². The maximum absolute atomic E-state index is 12.6. The van der Waals surface area contributed by atoms with E-state index >= 15 is 0 Å². The van der Waals surface area contributed by atoms with E-state index in [0.29, 0.717) is 34.1 Å². The number of hydrogen-bond donors (Lipinski definition) is 0. The number of Topliss-reactive ketones (excluding diaryl/α,β-unsaturated/α-hetero) is 1. The zero-order valence-corrected chi connectivity index (χ0v) is 17.1. The Balaban J connectivity index is 1.53. The first-order chi connectivity index (χ1) is 14.6. The Hall–Kier alpha value is -3.28. The Bertz CT molecular complexity index is 1000. The molecule has 1 fully saturated rings. The second-order valence-electron chi connectivity index (χ2n) is 7.47. The number of rotatable bonds is 5. The molecule has 2 aromatic carbocycles. The number of carbonyl (C=O) groups is 2. The molecule has 4 rings (SSSR count). The highest BCUT2D eigenvalue weighted by Crippen LogP contribution is 2.36. The third-order valence-electron chi connectivity index (χ3n) is 5.51. The molecule has 1 heterocycles. The lowest BCUT2D eigenvalue weighted by Crippen LogP contribution is -2.22. The fourth-order valence-corrected chi connectivity index (χ4v) is 3.83. The number of benzene rings is 2. The molecular weight excluding hydrogens is 384 g/mol. The molecule has 6 nitrogen and oxygen atoms in total. The summed E-state index contributed by atoms with van der Waals surface area (Å²) in [4.78, 5) is 25.1. The molecule has 0 spiro atoms. The summed E-state index contributed by atoms with van der Waals surface area (Å²) in [7, 11) is 3.08. The lowest BCUT2D eigenvalue weighted by molar-refractivity contribution is -0.140. The summed E-state index contributed by atoms with van der Waals surface area (Å²) >= 11 is 0. The predicted octanol–water partition coefficient (Wildman–Crippen LogP) is 4.81. The minimum absolute atomic E-state index is 0.0507. The summed E-state index contributed by atoms with van der Waals surface area (Å²) < 4.78 is 21.9. The van der Waals surface area contributed by atoms with Crippen molar-refractivity contribution in [1.82, 2.24) is 0 Å². The van der Waals surface area contributed by atoms with E-state index in [0.717, 1.165) is 25.7 Å². The average Bonchev–Trinajstić information content (AvgIpc) is 3.09. The Kier molecular flexibility index (Phi) is 5.74. The summed E-state index contributed by atoms with van der Waals surface area (Å²) in [5, 5.41) is 0. The summed E-state index contributed by atoms with van der Waals surface area (Å²) in [6.07, 6.45) is 6.68. The van der Waals surface area contributed by atoms with Gasteiger partial charge in [-0.15, -0.1) is 0 Å². The summed E-state index contributed by atoms with van der Waals surface area (Å²) in [6.45, 7) is 0. The van der Waals surface area contributed by atoms with Crippen LogP contribution in [0, 0.1) is 5.92 Å². The van der Waals surface area contributed by atoms with Gasteiger partial charge < -0.3 is 18.9 Å². The first kappa shape index (κ1) is 20.0. The second kappa shape index (κ2) is 8.61. The maximum Gasteiger partial charge on any atom is 0.314 e.